The maximum Gasteiger partial charge on any atom is 0.308 e. The van der Waals surface area contributed by atoms with Gasteiger partial charge in [0.2, 0.25) is 35.4 Å². The minimum Gasteiger partial charge on any atom is -0.469 e. The van der Waals surface area contributed by atoms with Crippen LogP contribution >= 0.6 is 11.6 Å². The number of hydrogen-bond acceptors (Lipinski definition) is 10. The van der Waals surface area contributed by atoms with Crippen LogP contribution in [0.25, 0.3) is 0 Å². The predicted molar refractivity (Wildman–Crippen MR) is 206 cm³/mol. The highest BCUT2D eigenvalue weighted by molar-refractivity contribution is 6.27. The Labute approximate surface area is 331 Å². The summed E-state index contributed by atoms with van der Waals surface area (Å²) < 4.78 is 10.2. The van der Waals surface area contributed by atoms with Gasteiger partial charge in [-0.1, -0.05) is 60.2 Å². The molecule has 17 heteroatoms. The van der Waals surface area contributed by atoms with E-state index in [-0.39, 0.29) is 51.0 Å². The lowest BCUT2D eigenvalue weighted by Gasteiger charge is -2.32. The minimum atomic E-state index is -1.50. The molecule has 2 heterocycles. The van der Waals surface area contributed by atoms with Crippen LogP contribution in [0, 0.1) is 12.8 Å². The average Bonchev–Trinajstić information content (AvgIpc) is 3.21. The highest BCUT2D eigenvalue weighted by Gasteiger charge is 2.34. The van der Waals surface area contributed by atoms with Gasteiger partial charge in [-0.05, 0) is 30.9 Å². The van der Waals surface area contributed by atoms with E-state index in [0.29, 0.717) is 39.1 Å². The summed E-state index contributed by atoms with van der Waals surface area (Å²) in [4.78, 5) is 96.1. The van der Waals surface area contributed by atoms with Crippen LogP contribution < -0.4 is 26.6 Å². The quantitative estimate of drug-likeness (QED) is 0.0993. The van der Waals surface area contributed by atoms with Crippen LogP contribution in [0.2, 0.25) is 0 Å². The van der Waals surface area contributed by atoms with Crippen molar-refractivity contribution in [2.24, 2.45) is 5.92 Å². The lowest BCUT2D eigenvalue weighted by Crippen LogP contribution is -2.60. The number of likely N-dealkylation sites (tertiary alicyclic amines) is 1. The van der Waals surface area contributed by atoms with E-state index in [1.165, 1.54) is 12.0 Å². The number of alkyl halides is 1. The van der Waals surface area contributed by atoms with E-state index in [1.54, 1.807) is 12.1 Å². The van der Waals surface area contributed by atoms with Crippen molar-refractivity contribution in [3.63, 3.8) is 0 Å². The number of nitrogens with one attached hydrogen (secondary N) is 5. The molecule has 2 aliphatic rings. The third-order valence-electron chi connectivity index (χ3n) is 9.64. The number of methoxy groups -OCH3 is 1. The lowest BCUT2D eigenvalue weighted by molar-refractivity contribution is -0.149. The molecule has 2 aliphatic heterocycles. The Balaban J connectivity index is 1.55. The van der Waals surface area contributed by atoms with E-state index in [0.717, 1.165) is 16.7 Å². The molecule has 2 aromatic rings. The predicted octanol–water partition coefficient (Wildman–Crippen LogP) is -0.203. The molecule has 0 aromatic heterocycles. The molecule has 2 saturated heterocycles. The van der Waals surface area contributed by atoms with E-state index >= 15 is 0 Å². The van der Waals surface area contributed by atoms with E-state index < -0.39 is 65.9 Å². The number of carbonyl (C=O) groups excluding carboxylic acids is 7. The number of nitrogens with zero attached hydrogens (tertiary/aromatic N) is 2. The standard InChI is InChI=1S/C39H52ClN7O9/c1-26-8-10-28(11-9-26)23-42-36(51)30(20-27-6-4-3-5-7-27)44-37(52)31(21-35(50)47-14-12-29(13-15-47)39(54)55-2)45-38(53)32(24-41-33(48)22-40)43-34(49)25-46-16-18-56-19-17-46/h3-11,29-32H,12-25H2,1-2H3,(H,41,48)(H,42,51)(H,43,49)(H,44,52)(H,45,53)/t30-,31-,32-/m0/s1. The van der Waals surface area contributed by atoms with Gasteiger partial charge in [-0.2, -0.15) is 0 Å². The molecule has 304 valence electrons. The molecule has 16 nitrogen and oxygen atoms in total. The molecule has 0 unspecified atom stereocenters. The van der Waals surface area contributed by atoms with Crippen LogP contribution in [0.1, 0.15) is 36.0 Å². The number of halogens is 1. The third kappa shape index (κ3) is 14.2. The minimum absolute atomic E-state index is 0.0423. The van der Waals surface area contributed by atoms with Gasteiger partial charge in [0.1, 0.15) is 24.0 Å². The Morgan fingerprint density at radius 1 is 0.768 bits per heavy atom. The largest absolute Gasteiger partial charge is 0.469 e. The van der Waals surface area contributed by atoms with Gasteiger partial charge in [-0.3, -0.25) is 38.5 Å². The summed E-state index contributed by atoms with van der Waals surface area (Å²) in [5.41, 5.74) is 2.67. The fraction of sp³-hybridized carbons (Fsp3) is 0.513. The van der Waals surface area contributed by atoms with E-state index in [2.05, 4.69) is 26.6 Å². The van der Waals surface area contributed by atoms with Crippen LogP contribution in [0.4, 0.5) is 0 Å². The number of rotatable bonds is 18. The van der Waals surface area contributed by atoms with Crippen LogP contribution in [0.5, 0.6) is 0 Å². The van der Waals surface area contributed by atoms with Gasteiger partial charge >= 0.3 is 5.97 Å². The SMILES string of the molecule is COC(=O)C1CCN(C(=O)C[C@H](NC(=O)[C@H](CNC(=O)CCl)NC(=O)CN2CCOCC2)C(=O)N[C@@H](Cc2ccccc2)C(=O)NCc2ccc(C)cc2)CC1. The molecule has 6 amide bonds. The first-order valence-corrected chi connectivity index (χ1v) is 19.2. The Kier molecular flexibility index (Phi) is 17.5. The summed E-state index contributed by atoms with van der Waals surface area (Å²) in [6, 6.07) is 12.7. The highest BCUT2D eigenvalue weighted by atomic mass is 35.5. The number of amides is 6. The third-order valence-corrected chi connectivity index (χ3v) is 9.89. The summed E-state index contributed by atoms with van der Waals surface area (Å²) in [5.74, 6) is -4.85. The molecule has 0 aliphatic carbocycles. The second kappa shape index (κ2) is 22.5. The molecule has 2 aromatic carbocycles. The zero-order valence-electron chi connectivity index (χ0n) is 31.9. The molecule has 56 heavy (non-hydrogen) atoms. The Morgan fingerprint density at radius 2 is 1.41 bits per heavy atom. The second-order valence-corrected chi connectivity index (χ2v) is 14.1. The maximum atomic E-state index is 14.2. The van der Waals surface area contributed by atoms with Crippen molar-refractivity contribution in [1.82, 2.24) is 36.4 Å². The van der Waals surface area contributed by atoms with Crippen LogP contribution in [0.3, 0.4) is 0 Å². The van der Waals surface area contributed by atoms with Crippen molar-refractivity contribution in [2.75, 3.05) is 65.5 Å². The van der Waals surface area contributed by atoms with Gasteiger partial charge in [-0.25, -0.2) is 0 Å². The molecule has 2 fully saturated rings. The molecule has 0 bridgehead atoms. The highest BCUT2D eigenvalue weighted by Crippen LogP contribution is 2.19. The van der Waals surface area contributed by atoms with Crippen molar-refractivity contribution < 1.29 is 43.0 Å². The zero-order valence-corrected chi connectivity index (χ0v) is 32.6. The second-order valence-electron chi connectivity index (χ2n) is 13.8. The summed E-state index contributed by atoms with van der Waals surface area (Å²) in [7, 11) is 1.30. The smallest absolute Gasteiger partial charge is 0.308 e. The number of morpholine rings is 1. The monoisotopic (exact) mass is 797 g/mol. The fourth-order valence-corrected chi connectivity index (χ4v) is 6.44. The first-order valence-electron chi connectivity index (χ1n) is 18.7. The number of esters is 1. The summed E-state index contributed by atoms with van der Waals surface area (Å²) in [6.45, 7) is 4.12. The number of carbonyl (C=O) groups is 7. The van der Waals surface area contributed by atoms with Crippen LogP contribution in [-0.2, 0) is 56.0 Å². The lowest BCUT2D eigenvalue weighted by atomic mass is 9.96. The van der Waals surface area contributed by atoms with Crippen molar-refractivity contribution in [2.45, 2.75) is 57.3 Å². The van der Waals surface area contributed by atoms with Crippen LogP contribution in [0.15, 0.2) is 54.6 Å². The molecule has 3 atom stereocenters. The number of hydrogen-bond donors (Lipinski definition) is 5. The zero-order chi connectivity index (χ0) is 40.5. The Morgan fingerprint density at radius 3 is 2.05 bits per heavy atom. The van der Waals surface area contributed by atoms with Gasteiger partial charge in [0, 0.05) is 45.7 Å². The maximum absolute atomic E-state index is 14.2. The van der Waals surface area contributed by atoms with Gasteiger partial charge in [0.25, 0.3) is 0 Å². The van der Waals surface area contributed by atoms with Gasteiger partial charge in [-0.15, -0.1) is 11.6 Å². The normalized spacial score (nSPS) is 16.4. The van der Waals surface area contributed by atoms with Gasteiger partial charge in [0.15, 0.2) is 0 Å². The van der Waals surface area contributed by atoms with E-state index in [1.807, 2.05) is 54.3 Å². The Bertz CT molecular complexity index is 1650. The van der Waals surface area contributed by atoms with E-state index in [4.69, 9.17) is 21.1 Å². The molecule has 0 radical (unpaired) electrons. The number of aryl methyl sites for hydroxylation is 1. The summed E-state index contributed by atoms with van der Waals surface area (Å²) in [6.07, 6.45) is 0.331. The van der Waals surface area contributed by atoms with Crippen molar-refractivity contribution in [1.29, 1.82) is 0 Å². The first kappa shape index (κ1) is 43.7. The number of benzene rings is 2. The molecular weight excluding hydrogens is 746 g/mol. The van der Waals surface area contributed by atoms with E-state index in [9.17, 15) is 33.6 Å². The molecule has 4 rings (SSSR count). The topological polar surface area (TPSA) is 205 Å². The molecule has 5 N–H and O–H groups in total. The first-order chi connectivity index (χ1) is 26.9. The van der Waals surface area contributed by atoms with Gasteiger partial charge < -0.3 is 41.0 Å². The summed E-state index contributed by atoms with van der Waals surface area (Å²) >= 11 is 5.66. The summed E-state index contributed by atoms with van der Waals surface area (Å²) in [5, 5.41) is 13.4. The molecule has 0 saturated carbocycles. The molecule has 0 spiro atoms. The number of ether oxygens (including phenoxy) is 2. The van der Waals surface area contributed by atoms with Gasteiger partial charge in [0.05, 0.1) is 39.2 Å². The Hall–Kier alpha value is -5.06. The number of piperidine rings is 1. The molecular formula is C39H52ClN7O9. The average molecular weight is 798 g/mol. The van der Waals surface area contributed by atoms with Crippen molar-refractivity contribution in [3.05, 3.63) is 71.3 Å². The van der Waals surface area contributed by atoms with Crippen LogP contribution in [-0.4, -0.2) is 135 Å². The van der Waals surface area contributed by atoms with Crippen molar-refractivity contribution in [3.8, 4) is 0 Å². The van der Waals surface area contributed by atoms with Crippen molar-refractivity contribution >= 4 is 53.0 Å². The fourth-order valence-electron chi connectivity index (χ4n) is 6.34.